The zero-order chi connectivity index (χ0) is 13.7. The lowest BCUT2D eigenvalue weighted by atomic mass is 10.2. The van der Waals surface area contributed by atoms with Crippen LogP contribution in [0.5, 0.6) is 5.75 Å². The van der Waals surface area contributed by atoms with Crippen molar-refractivity contribution in [1.82, 2.24) is 10.3 Å². The zero-order valence-electron chi connectivity index (χ0n) is 11.6. The van der Waals surface area contributed by atoms with Crippen LogP contribution in [0.4, 0.5) is 0 Å². The largest absolute Gasteiger partial charge is 0.493 e. The molecular formula is C15H20N2OS. The van der Waals surface area contributed by atoms with E-state index in [1.54, 1.807) is 11.3 Å². The maximum absolute atomic E-state index is 5.65. The fourth-order valence-corrected chi connectivity index (χ4v) is 2.59. The van der Waals surface area contributed by atoms with Gasteiger partial charge >= 0.3 is 0 Å². The Morgan fingerprint density at radius 1 is 1.32 bits per heavy atom. The van der Waals surface area contributed by atoms with Gasteiger partial charge < -0.3 is 10.1 Å². The van der Waals surface area contributed by atoms with Crippen LogP contribution in [0.15, 0.2) is 29.6 Å². The van der Waals surface area contributed by atoms with Crippen LogP contribution in [0.25, 0.3) is 10.6 Å². The molecule has 1 N–H and O–H groups in total. The molecule has 102 valence electrons. The van der Waals surface area contributed by atoms with E-state index in [2.05, 4.69) is 35.6 Å². The number of benzene rings is 1. The Labute approximate surface area is 118 Å². The topological polar surface area (TPSA) is 34.1 Å². The van der Waals surface area contributed by atoms with Gasteiger partial charge in [-0.05, 0) is 19.1 Å². The first-order valence-corrected chi connectivity index (χ1v) is 7.48. The lowest BCUT2D eigenvalue weighted by Crippen LogP contribution is -2.21. The van der Waals surface area contributed by atoms with Crippen LogP contribution in [0.2, 0.25) is 0 Å². The van der Waals surface area contributed by atoms with Gasteiger partial charge in [-0.1, -0.05) is 26.0 Å². The van der Waals surface area contributed by atoms with Crippen molar-refractivity contribution in [2.75, 3.05) is 6.61 Å². The molecule has 0 aliphatic rings. The molecule has 0 unspecified atom stereocenters. The molecule has 4 heteroatoms. The highest BCUT2D eigenvalue weighted by atomic mass is 32.1. The normalized spacial score (nSPS) is 10.9. The molecule has 0 bridgehead atoms. The molecule has 0 aliphatic carbocycles. The van der Waals surface area contributed by atoms with Crippen molar-refractivity contribution in [3.05, 3.63) is 35.3 Å². The highest BCUT2D eigenvalue weighted by molar-refractivity contribution is 7.13. The summed E-state index contributed by atoms with van der Waals surface area (Å²) in [5.74, 6) is 0.905. The third-order valence-electron chi connectivity index (χ3n) is 2.66. The summed E-state index contributed by atoms with van der Waals surface area (Å²) in [6.45, 7) is 7.75. The van der Waals surface area contributed by atoms with Crippen LogP contribution in [0.1, 0.15) is 26.5 Å². The predicted molar refractivity (Wildman–Crippen MR) is 80.7 cm³/mol. The lowest BCUT2D eigenvalue weighted by Gasteiger charge is -2.07. The second kappa shape index (κ2) is 6.68. The maximum atomic E-state index is 5.65. The summed E-state index contributed by atoms with van der Waals surface area (Å²) in [5.41, 5.74) is 2.16. The molecule has 0 radical (unpaired) electrons. The number of ether oxygens (including phenoxy) is 1. The van der Waals surface area contributed by atoms with Crippen LogP contribution in [0, 0.1) is 0 Å². The zero-order valence-corrected chi connectivity index (χ0v) is 12.5. The highest BCUT2D eigenvalue weighted by Crippen LogP contribution is 2.32. The number of rotatable bonds is 6. The molecule has 0 saturated heterocycles. The summed E-state index contributed by atoms with van der Waals surface area (Å²) in [5, 5.41) is 6.50. The summed E-state index contributed by atoms with van der Waals surface area (Å²) in [6, 6.07) is 8.53. The second-order valence-electron chi connectivity index (χ2n) is 4.61. The molecule has 1 aromatic carbocycles. The van der Waals surface area contributed by atoms with Gasteiger partial charge in [0.15, 0.2) is 0 Å². The predicted octanol–water partition coefficient (Wildman–Crippen LogP) is 3.71. The van der Waals surface area contributed by atoms with Crippen LogP contribution < -0.4 is 10.1 Å². The minimum Gasteiger partial charge on any atom is -0.493 e. The SMILES string of the molecule is CCOc1ccccc1-c1nc(CNC(C)C)cs1. The average Bonchev–Trinajstić information content (AvgIpc) is 2.86. The molecule has 1 heterocycles. The van der Waals surface area contributed by atoms with Gasteiger partial charge in [0.05, 0.1) is 17.9 Å². The standard InChI is InChI=1S/C15H20N2OS/c1-4-18-14-8-6-5-7-13(14)15-17-12(10-19-15)9-16-11(2)3/h5-8,10-11,16H,4,9H2,1-3H3. The molecular weight excluding hydrogens is 256 g/mol. The Morgan fingerprint density at radius 3 is 2.84 bits per heavy atom. The first-order valence-electron chi connectivity index (χ1n) is 6.60. The Morgan fingerprint density at radius 2 is 2.11 bits per heavy atom. The molecule has 0 atom stereocenters. The van der Waals surface area contributed by atoms with E-state index in [0.29, 0.717) is 12.6 Å². The number of para-hydroxylation sites is 1. The van der Waals surface area contributed by atoms with Crippen molar-refractivity contribution in [3.8, 4) is 16.3 Å². The molecule has 0 saturated carbocycles. The monoisotopic (exact) mass is 276 g/mol. The average molecular weight is 276 g/mol. The number of nitrogens with one attached hydrogen (secondary N) is 1. The molecule has 0 spiro atoms. The minimum absolute atomic E-state index is 0.473. The molecule has 19 heavy (non-hydrogen) atoms. The smallest absolute Gasteiger partial charge is 0.129 e. The summed E-state index contributed by atoms with van der Waals surface area (Å²) < 4.78 is 5.65. The third-order valence-corrected chi connectivity index (χ3v) is 3.58. The van der Waals surface area contributed by atoms with Gasteiger partial charge in [0, 0.05) is 18.0 Å². The first kappa shape index (κ1) is 14.0. The van der Waals surface area contributed by atoms with Gasteiger partial charge in [0.25, 0.3) is 0 Å². The van der Waals surface area contributed by atoms with E-state index >= 15 is 0 Å². The first-order chi connectivity index (χ1) is 9.20. The number of hydrogen-bond acceptors (Lipinski definition) is 4. The molecule has 1 aromatic heterocycles. The summed E-state index contributed by atoms with van der Waals surface area (Å²) >= 11 is 1.66. The lowest BCUT2D eigenvalue weighted by molar-refractivity contribution is 0.341. The van der Waals surface area contributed by atoms with Crippen molar-refractivity contribution in [2.24, 2.45) is 0 Å². The number of thiazole rings is 1. The van der Waals surface area contributed by atoms with E-state index in [9.17, 15) is 0 Å². The number of nitrogens with zero attached hydrogens (tertiary/aromatic N) is 1. The van der Waals surface area contributed by atoms with E-state index in [-0.39, 0.29) is 0 Å². The van der Waals surface area contributed by atoms with Gasteiger partial charge in [0.1, 0.15) is 10.8 Å². The fraction of sp³-hybridized carbons (Fsp3) is 0.400. The van der Waals surface area contributed by atoms with E-state index in [0.717, 1.165) is 28.6 Å². The third kappa shape index (κ3) is 3.78. The molecule has 3 nitrogen and oxygen atoms in total. The van der Waals surface area contributed by atoms with Crippen molar-refractivity contribution >= 4 is 11.3 Å². The van der Waals surface area contributed by atoms with Crippen molar-refractivity contribution in [2.45, 2.75) is 33.4 Å². The maximum Gasteiger partial charge on any atom is 0.129 e. The summed E-state index contributed by atoms with van der Waals surface area (Å²) in [6.07, 6.45) is 0. The van der Waals surface area contributed by atoms with E-state index in [1.807, 2.05) is 25.1 Å². The number of hydrogen-bond donors (Lipinski definition) is 1. The van der Waals surface area contributed by atoms with Gasteiger partial charge in [-0.2, -0.15) is 0 Å². The Balaban J connectivity index is 2.18. The Kier molecular flexibility index (Phi) is 4.93. The minimum atomic E-state index is 0.473. The Bertz CT molecular complexity index is 522. The number of aromatic nitrogens is 1. The summed E-state index contributed by atoms with van der Waals surface area (Å²) in [7, 11) is 0. The van der Waals surface area contributed by atoms with Crippen molar-refractivity contribution in [1.29, 1.82) is 0 Å². The molecule has 2 aromatic rings. The van der Waals surface area contributed by atoms with Crippen LogP contribution in [-0.4, -0.2) is 17.6 Å². The van der Waals surface area contributed by atoms with Gasteiger partial charge in [-0.15, -0.1) is 11.3 Å². The van der Waals surface area contributed by atoms with Crippen LogP contribution in [0.3, 0.4) is 0 Å². The highest BCUT2D eigenvalue weighted by Gasteiger charge is 2.10. The second-order valence-corrected chi connectivity index (χ2v) is 5.47. The molecule has 0 aliphatic heterocycles. The van der Waals surface area contributed by atoms with Gasteiger partial charge in [0.2, 0.25) is 0 Å². The van der Waals surface area contributed by atoms with E-state index in [1.165, 1.54) is 0 Å². The van der Waals surface area contributed by atoms with Crippen LogP contribution >= 0.6 is 11.3 Å². The van der Waals surface area contributed by atoms with Gasteiger partial charge in [-0.25, -0.2) is 4.98 Å². The van der Waals surface area contributed by atoms with E-state index < -0.39 is 0 Å². The Hall–Kier alpha value is -1.39. The molecule has 0 amide bonds. The van der Waals surface area contributed by atoms with Crippen LogP contribution in [-0.2, 0) is 6.54 Å². The quantitative estimate of drug-likeness (QED) is 0.873. The summed E-state index contributed by atoms with van der Waals surface area (Å²) in [4.78, 5) is 4.67. The fourth-order valence-electron chi connectivity index (χ4n) is 1.75. The van der Waals surface area contributed by atoms with Crippen molar-refractivity contribution in [3.63, 3.8) is 0 Å². The molecule has 2 rings (SSSR count). The van der Waals surface area contributed by atoms with Gasteiger partial charge in [-0.3, -0.25) is 0 Å². The molecule has 0 fully saturated rings. The van der Waals surface area contributed by atoms with Crippen molar-refractivity contribution < 1.29 is 4.74 Å². The van der Waals surface area contributed by atoms with E-state index in [4.69, 9.17) is 4.74 Å².